The zero-order valence-corrected chi connectivity index (χ0v) is 16.7. The van der Waals surface area contributed by atoms with Gasteiger partial charge in [0, 0.05) is 18.4 Å². The fourth-order valence-corrected chi connectivity index (χ4v) is 2.90. The molecule has 2 aromatic carbocycles. The van der Waals surface area contributed by atoms with Crippen molar-refractivity contribution in [1.29, 1.82) is 0 Å². The van der Waals surface area contributed by atoms with Crippen molar-refractivity contribution in [3.05, 3.63) is 96.2 Å². The van der Waals surface area contributed by atoms with Crippen molar-refractivity contribution < 1.29 is 18.7 Å². The lowest BCUT2D eigenvalue weighted by atomic mass is 10.2. The predicted octanol–water partition coefficient (Wildman–Crippen LogP) is 3.66. The SMILES string of the molecule is COc1ccc(-n2ccc(C(=O)NCc3ccc(NC(=O)c4ccco4)cc3)n2)cc1. The van der Waals surface area contributed by atoms with Gasteiger partial charge < -0.3 is 19.8 Å². The van der Waals surface area contributed by atoms with Crippen molar-refractivity contribution in [2.75, 3.05) is 12.4 Å². The quantitative estimate of drug-likeness (QED) is 0.479. The minimum Gasteiger partial charge on any atom is -0.497 e. The van der Waals surface area contributed by atoms with Gasteiger partial charge in [0.25, 0.3) is 11.8 Å². The Labute approximate surface area is 178 Å². The van der Waals surface area contributed by atoms with Gasteiger partial charge in [-0.25, -0.2) is 4.68 Å². The number of ether oxygens (including phenoxy) is 1. The van der Waals surface area contributed by atoms with E-state index >= 15 is 0 Å². The van der Waals surface area contributed by atoms with E-state index in [-0.39, 0.29) is 17.6 Å². The Bertz CT molecular complexity index is 1160. The Morgan fingerprint density at radius 3 is 2.45 bits per heavy atom. The van der Waals surface area contributed by atoms with Crippen molar-refractivity contribution in [3.8, 4) is 11.4 Å². The third-order valence-corrected chi connectivity index (χ3v) is 4.57. The van der Waals surface area contributed by atoms with Crippen LogP contribution in [0.25, 0.3) is 5.69 Å². The molecule has 0 atom stereocenters. The molecule has 4 rings (SSSR count). The minimum absolute atomic E-state index is 0.241. The van der Waals surface area contributed by atoms with E-state index < -0.39 is 0 Å². The van der Waals surface area contributed by atoms with E-state index in [1.54, 1.807) is 48.3 Å². The summed E-state index contributed by atoms with van der Waals surface area (Å²) in [4.78, 5) is 24.4. The normalized spacial score (nSPS) is 10.5. The van der Waals surface area contributed by atoms with Crippen molar-refractivity contribution in [3.63, 3.8) is 0 Å². The highest BCUT2D eigenvalue weighted by Gasteiger charge is 2.11. The Morgan fingerprint density at radius 1 is 1.00 bits per heavy atom. The molecule has 2 N–H and O–H groups in total. The number of methoxy groups -OCH3 is 1. The number of hydrogen-bond donors (Lipinski definition) is 2. The Hall–Kier alpha value is -4.33. The topological polar surface area (TPSA) is 98.4 Å². The Morgan fingerprint density at radius 2 is 1.77 bits per heavy atom. The lowest BCUT2D eigenvalue weighted by molar-refractivity contribution is 0.0944. The van der Waals surface area contributed by atoms with Crippen LogP contribution < -0.4 is 15.4 Å². The number of nitrogens with one attached hydrogen (secondary N) is 2. The van der Waals surface area contributed by atoms with E-state index in [0.29, 0.717) is 17.9 Å². The van der Waals surface area contributed by atoms with E-state index in [2.05, 4.69) is 15.7 Å². The number of rotatable bonds is 7. The first kappa shape index (κ1) is 20.0. The molecule has 0 saturated carbocycles. The molecule has 2 amide bonds. The summed E-state index contributed by atoms with van der Waals surface area (Å²) in [7, 11) is 1.61. The van der Waals surface area contributed by atoms with E-state index in [1.165, 1.54) is 6.26 Å². The summed E-state index contributed by atoms with van der Waals surface area (Å²) in [5, 5.41) is 9.92. The third-order valence-electron chi connectivity index (χ3n) is 4.57. The molecule has 0 aliphatic rings. The number of aromatic nitrogens is 2. The lowest BCUT2D eigenvalue weighted by Gasteiger charge is -2.07. The average molecular weight is 416 g/mol. The molecule has 0 bridgehead atoms. The molecule has 0 aliphatic carbocycles. The van der Waals surface area contributed by atoms with Crippen LogP contribution in [-0.4, -0.2) is 28.7 Å². The molecule has 4 aromatic rings. The van der Waals surface area contributed by atoms with Crippen LogP contribution in [-0.2, 0) is 6.54 Å². The fourth-order valence-electron chi connectivity index (χ4n) is 2.90. The number of nitrogens with zero attached hydrogens (tertiary/aromatic N) is 2. The molecule has 0 aliphatic heterocycles. The van der Waals surface area contributed by atoms with Crippen LogP contribution in [0.3, 0.4) is 0 Å². The van der Waals surface area contributed by atoms with Gasteiger partial charge in [0.1, 0.15) is 5.75 Å². The van der Waals surface area contributed by atoms with E-state index in [0.717, 1.165) is 17.0 Å². The molecule has 31 heavy (non-hydrogen) atoms. The van der Waals surface area contributed by atoms with Crippen LogP contribution in [0.2, 0.25) is 0 Å². The van der Waals surface area contributed by atoms with Crippen LogP contribution in [0.1, 0.15) is 26.6 Å². The number of carbonyl (C=O) groups is 2. The number of hydrogen-bond acceptors (Lipinski definition) is 5. The molecular formula is C23H20N4O4. The first-order valence-corrected chi connectivity index (χ1v) is 9.54. The zero-order valence-electron chi connectivity index (χ0n) is 16.7. The summed E-state index contributed by atoms with van der Waals surface area (Å²) >= 11 is 0. The van der Waals surface area contributed by atoms with Crippen molar-refractivity contribution in [2.24, 2.45) is 0 Å². The summed E-state index contributed by atoms with van der Waals surface area (Å²) in [5.74, 6) is 0.395. The van der Waals surface area contributed by atoms with Crippen LogP contribution in [0, 0.1) is 0 Å². The molecule has 0 spiro atoms. The van der Waals surface area contributed by atoms with Gasteiger partial charge in [-0.3, -0.25) is 9.59 Å². The first-order valence-electron chi connectivity index (χ1n) is 9.54. The molecule has 0 radical (unpaired) electrons. The van der Waals surface area contributed by atoms with Gasteiger partial charge in [-0.05, 0) is 60.2 Å². The molecule has 2 heterocycles. The number of furan rings is 1. The molecule has 8 nitrogen and oxygen atoms in total. The highest BCUT2D eigenvalue weighted by Crippen LogP contribution is 2.15. The number of anilines is 1. The van der Waals surface area contributed by atoms with Crippen LogP contribution in [0.15, 0.2) is 83.6 Å². The van der Waals surface area contributed by atoms with E-state index in [4.69, 9.17) is 9.15 Å². The number of benzene rings is 2. The van der Waals surface area contributed by atoms with Gasteiger partial charge >= 0.3 is 0 Å². The summed E-state index contributed by atoms with van der Waals surface area (Å²) < 4.78 is 11.8. The van der Waals surface area contributed by atoms with Crippen molar-refractivity contribution in [2.45, 2.75) is 6.54 Å². The Balaban J connectivity index is 1.32. The van der Waals surface area contributed by atoms with Crippen molar-refractivity contribution in [1.82, 2.24) is 15.1 Å². The summed E-state index contributed by atoms with van der Waals surface area (Å²) in [6, 6.07) is 19.5. The molecule has 0 fully saturated rings. The van der Waals surface area contributed by atoms with Gasteiger partial charge in [-0.15, -0.1) is 0 Å². The van der Waals surface area contributed by atoms with E-state index in [9.17, 15) is 9.59 Å². The second kappa shape index (κ2) is 9.00. The van der Waals surface area contributed by atoms with E-state index in [1.807, 2.05) is 36.4 Å². The monoisotopic (exact) mass is 416 g/mol. The number of carbonyl (C=O) groups excluding carboxylic acids is 2. The average Bonchev–Trinajstić information content (AvgIpc) is 3.51. The highest BCUT2D eigenvalue weighted by molar-refractivity contribution is 6.02. The zero-order chi connectivity index (χ0) is 21.6. The van der Waals surface area contributed by atoms with Crippen molar-refractivity contribution >= 4 is 17.5 Å². The predicted molar refractivity (Wildman–Crippen MR) is 114 cm³/mol. The smallest absolute Gasteiger partial charge is 0.291 e. The first-order chi connectivity index (χ1) is 15.1. The Kier molecular flexibility index (Phi) is 5.79. The van der Waals surface area contributed by atoms with Gasteiger partial charge in [0.05, 0.1) is 19.1 Å². The standard InChI is InChI=1S/C23H20N4O4/c1-30-19-10-8-18(9-11-19)27-13-12-20(26-27)22(28)24-15-16-4-6-17(7-5-16)25-23(29)21-3-2-14-31-21/h2-14H,15H2,1H3,(H,24,28)(H,25,29). The van der Waals surface area contributed by atoms with Gasteiger partial charge in [0.2, 0.25) is 0 Å². The largest absolute Gasteiger partial charge is 0.497 e. The maximum atomic E-state index is 12.4. The summed E-state index contributed by atoms with van der Waals surface area (Å²) in [5.41, 5.74) is 2.67. The molecule has 8 heteroatoms. The van der Waals surface area contributed by atoms with Crippen LogP contribution in [0.4, 0.5) is 5.69 Å². The van der Waals surface area contributed by atoms with Gasteiger partial charge in [0.15, 0.2) is 11.5 Å². The van der Waals surface area contributed by atoms with Gasteiger partial charge in [-0.1, -0.05) is 12.1 Å². The summed E-state index contributed by atoms with van der Waals surface area (Å²) in [6.45, 7) is 0.334. The molecule has 0 unspecified atom stereocenters. The van der Waals surface area contributed by atoms with Gasteiger partial charge in [-0.2, -0.15) is 5.10 Å². The lowest BCUT2D eigenvalue weighted by Crippen LogP contribution is -2.23. The van der Waals surface area contributed by atoms with Crippen LogP contribution >= 0.6 is 0 Å². The number of amides is 2. The summed E-state index contributed by atoms with van der Waals surface area (Å²) in [6.07, 6.45) is 3.17. The maximum Gasteiger partial charge on any atom is 0.291 e. The minimum atomic E-state index is -0.321. The molecular weight excluding hydrogens is 396 g/mol. The molecule has 2 aromatic heterocycles. The second-order valence-corrected chi connectivity index (χ2v) is 6.65. The third kappa shape index (κ3) is 4.81. The maximum absolute atomic E-state index is 12.4. The fraction of sp³-hybridized carbons (Fsp3) is 0.0870. The highest BCUT2D eigenvalue weighted by atomic mass is 16.5. The van der Waals surface area contributed by atoms with Crippen LogP contribution in [0.5, 0.6) is 5.75 Å². The molecule has 156 valence electrons. The second-order valence-electron chi connectivity index (χ2n) is 6.65. The molecule has 0 saturated heterocycles.